The van der Waals surface area contributed by atoms with Gasteiger partial charge in [0.05, 0.1) is 5.56 Å². The molecular formula is C7H6F3O2PS2. The van der Waals surface area contributed by atoms with Gasteiger partial charge in [0.2, 0.25) is 0 Å². The summed E-state index contributed by atoms with van der Waals surface area (Å²) in [6.45, 7) is 0. The number of rotatable bonds is 2. The number of hydrogen-bond acceptors (Lipinski definition) is 4. The van der Waals surface area contributed by atoms with Crippen molar-refractivity contribution in [1.82, 2.24) is 0 Å². The van der Waals surface area contributed by atoms with Gasteiger partial charge in [-0.2, -0.15) is 13.2 Å². The monoisotopic (exact) mass is 274 g/mol. The molecule has 8 heteroatoms. The summed E-state index contributed by atoms with van der Waals surface area (Å²) < 4.78 is 48.7. The zero-order valence-electron chi connectivity index (χ0n) is 7.08. The van der Waals surface area contributed by atoms with Crippen LogP contribution in [-0.4, -0.2) is 5.11 Å². The molecule has 0 heterocycles. The zero-order valence-corrected chi connectivity index (χ0v) is 9.79. The van der Waals surface area contributed by atoms with E-state index in [1.165, 1.54) is 0 Å². The lowest BCUT2D eigenvalue weighted by Gasteiger charge is -2.11. The summed E-state index contributed by atoms with van der Waals surface area (Å²) in [5, 5.41) is 8.61. The van der Waals surface area contributed by atoms with E-state index in [0.717, 1.165) is 12.1 Å². The molecule has 84 valence electrons. The van der Waals surface area contributed by atoms with Crippen molar-refractivity contribution in [3.63, 3.8) is 0 Å². The Kier molecular flexibility index (Phi) is 4.03. The van der Waals surface area contributed by atoms with E-state index in [4.69, 9.17) is 5.11 Å². The fraction of sp³-hybridized carbons (Fsp3) is 0.143. The van der Waals surface area contributed by atoms with Gasteiger partial charge in [0.25, 0.3) is 0 Å². The van der Waals surface area contributed by atoms with Gasteiger partial charge in [0, 0.05) is 5.30 Å². The highest BCUT2D eigenvalue weighted by atomic mass is 33.3. The van der Waals surface area contributed by atoms with Gasteiger partial charge < -0.3 is 9.67 Å². The fourth-order valence-corrected chi connectivity index (χ4v) is 3.46. The molecule has 0 fully saturated rings. The Bertz CT molecular complexity index is 394. The van der Waals surface area contributed by atoms with E-state index in [1.807, 2.05) is 0 Å². The largest absolute Gasteiger partial charge is 0.508 e. The fourth-order valence-electron chi connectivity index (χ4n) is 0.994. The van der Waals surface area contributed by atoms with Gasteiger partial charge >= 0.3 is 6.18 Å². The van der Waals surface area contributed by atoms with E-state index in [2.05, 4.69) is 11.7 Å². The van der Waals surface area contributed by atoms with Gasteiger partial charge in [0.15, 0.2) is 7.00 Å². The second-order valence-electron chi connectivity index (χ2n) is 2.61. The average molecular weight is 274 g/mol. The van der Waals surface area contributed by atoms with Crippen LogP contribution >= 0.6 is 29.1 Å². The number of benzene rings is 1. The quantitative estimate of drug-likeness (QED) is 0.494. The molecule has 0 bridgehead atoms. The minimum atomic E-state index is -4.63. The molecule has 0 amide bonds. The van der Waals surface area contributed by atoms with Crippen molar-refractivity contribution < 1.29 is 22.8 Å². The number of phenolic OH excluding ortho intramolecular Hbond substituents is 1. The highest BCUT2D eigenvalue weighted by Gasteiger charge is 2.35. The highest BCUT2D eigenvalue weighted by molar-refractivity contribution is 8.92. The van der Waals surface area contributed by atoms with E-state index in [1.54, 1.807) is 0 Å². The molecule has 0 aromatic heterocycles. The van der Waals surface area contributed by atoms with E-state index >= 15 is 0 Å². The molecule has 0 saturated heterocycles. The molecule has 0 aliphatic heterocycles. The number of hydrogen-bond donors (Lipinski definition) is 2. The highest BCUT2D eigenvalue weighted by Crippen LogP contribution is 2.43. The molecule has 0 aliphatic rings. The second-order valence-corrected chi connectivity index (χ2v) is 7.21. The van der Waals surface area contributed by atoms with Crippen molar-refractivity contribution in [3.8, 4) is 5.75 Å². The molecule has 1 rings (SSSR count). The van der Waals surface area contributed by atoms with Crippen molar-refractivity contribution in [3.05, 3.63) is 23.8 Å². The van der Waals surface area contributed by atoms with Crippen LogP contribution in [0, 0.1) is 0 Å². The molecule has 2 nitrogen and oxygen atoms in total. The van der Waals surface area contributed by atoms with Gasteiger partial charge in [-0.3, -0.25) is 0 Å². The van der Waals surface area contributed by atoms with Crippen LogP contribution < -0.4 is 5.30 Å². The Morgan fingerprint density at radius 1 is 1.40 bits per heavy atom. The first-order valence-electron chi connectivity index (χ1n) is 3.62. The van der Waals surface area contributed by atoms with Crippen LogP contribution in [-0.2, 0) is 10.7 Å². The number of phenols is 1. The smallest absolute Gasteiger partial charge is 0.417 e. The Labute approximate surface area is 93.2 Å². The van der Waals surface area contributed by atoms with Gasteiger partial charge in [0.1, 0.15) is 5.75 Å². The lowest BCUT2D eigenvalue weighted by Crippen LogP contribution is -2.15. The first-order valence-corrected chi connectivity index (χ1v) is 7.62. The van der Waals surface area contributed by atoms with Crippen molar-refractivity contribution in [2.75, 3.05) is 0 Å². The van der Waals surface area contributed by atoms with Crippen LogP contribution in [0.1, 0.15) is 5.56 Å². The third kappa shape index (κ3) is 3.09. The van der Waals surface area contributed by atoms with Crippen molar-refractivity contribution in [1.29, 1.82) is 0 Å². The maximum Gasteiger partial charge on any atom is 0.417 e. The molecule has 0 aliphatic carbocycles. The lowest BCUT2D eigenvalue weighted by molar-refractivity contribution is -0.136. The molecular weight excluding hydrogens is 268 g/mol. The normalized spacial score (nSPS) is 13.9. The third-order valence-corrected chi connectivity index (χ3v) is 5.30. The van der Waals surface area contributed by atoms with Crippen LogP contribution in [0.2, 0.25) is 0 Å². The Hall–Kier alpha value is -0.260. The average Bonchev–Trinajstić information content (AvgIpc) is 2.15. The summed E-state index contributed by atoms with van der Waals surface area (Å²) in [5.74, 6) is -0.509. The second kappa shape index (κ2) is 4.72. The predicted octanol–water partition coefficient (Wildman–Crippen LogP) is 3.09. The van der Waals surface area contributed by atoms with Gasteiger partial charge in [-0.05, 0) is 28.6 Å². The van der Waals surface area contributed by atoms with Crippen molar-refractivity contribution >= 4 is 34.4 Å². The van der Waals surface area contributed by atoms with Crippen LogP contribution in [0.15, 0.2) is 18.2 Å². The first-order chi connectivity index (χ1) is 6.86. The lowest BCUT2D eigenvalue weighted by atomic mass is 10.2. The summed E-state index contributed by atoms with van der Waals surface area (Å²) >= 11 is 3.62. The Morgan fingerprint density at radius 3 is 2.47 bits per heavy atom. The number of halogens is 3. The van der Waals surface area contributed by atoms with Gasteiger partial charge in [-0.1, -0.05) is 0 Å². The van der Waals surface area contributed by atoms with Crippen LogP contribution in [0.25, 0.3) is 0 Å². The maximum atomic E-state index is 12.5. The van der Waals surface area contributed by atoms with Crippen molar-refractivity contribution in [2.45, 2.75) is 6.18 Å². The SMILES string of the molecule is O=[PH](SS)c1ccc(O)cc1C(F)(F)F. The number of thiol groups is 1. The molecule has 0 saturated carbocycles. The van der Waals surface area contributed by atoms with E-state index in [0.29, 0.717) is 16.5 Å². The third-order valence-electron chi connectivity index (χ3n) is 1.61. The maximum absolute atomic E-state index is 12.5. The summed E-state index contributed by atoms with van der Waals surface area (Å²) in [5.41, 5.74) is -1.08. The number of alkyl halides is 3. The van der Waals surface area contributed by atoms with E-state index in [-0.39, 0.29) is 5.30 Å². The predicted molar refractivity (Wildman–Crippen MR) is 58.3 cm³/mol. The Balaban J connectivity index is 3.33. The molecule has 1 aromatic carbocycles. The topological polar surface area (TPSA) is 37.3 Å². The standard InChI is InChI=1S/C7H6F3O2PS2/c8-7(9,10)5-3-4(11)1-2-6(5)13(12)15-14/h1-3,11,13-14H. The molecule has 1 atom stereocenters. The first kappa shape index (κ1) is 12.8. The summed E-state index contributed by atoms with van der Waals surface area (Å²) in [4.78, 5) is 0. The van der Waals surface area contributed by atoms with Crippen LogP contribution in [0.5, 0.6) is 5.75 Å². The number of aromatic hydroxyl groups is 1. The minimum absolute atomic E-state index is 0.328. The van der Waals surface area contributed by atoms with Crippen LogP contribution in [0.3, 0.4) is 0 Å². The van der Waals surface area contributed by atoms with Gasteiger partial charge in [-0.25, -0.2) is 0 Å². The van der Waals surface area contributed by atoms with E-state index < -0.39 is 24.5 Å². The summed E-state index contributed by atoms with van der Waals surface area (Å²) in [6, 6.07) is 2.63. The summed E-state index contributed by atoms with van der Waals surface area (Å²) in [6.07, 6.45) is -4.63. The van der Waals surface area contributed by atoms with Gasteiger partial charge in [-0.15, -0.1) is 11.7 Å². The molecule has 1 aromatic rings. The Morgan fingerprint density at radius 2 is 2.00 bits per heavy atom. The minimum Gasteiger partial charge on any atom is -0.508 e. The van der Waals surface area contributed by atoms with Crippen LogP contribution in [0.4, 0.5) is 13.2 Å². The molecule has 0 spiro atoms. The van der Waals surface area contributed by atoms with E-state index in [9.17, 15) is 17.7 Å². The molecule has 1 unspecified atom stereocenters. The molecule has 0 radical (unpaired) electrons. The van der Waals surface area contributed by atoms with Crippen molar-refractivity contribution in [2.24, 2.45) is 0 Å². The zero-order chi connectivity index (χ0) is 11.6. The summed E-state index contributed by atoms with van der Waals surface area (Å²) in [7, 11) is -2.06. The molecule has 1 N–H and O–H groups in total. The molecule has 15 heavy (non-hydrogen) atoms.